The number of carbonyl (C=O) groups is 4. The Labute approximate surface area is 129 Å². The third-order valence-corrected chi connectivity index (χ3v) is 3.13. The summed E-state index contributed by atoms with van der Waals surface area (Å²) in [5, 5.41) is 7.45. The van der Waals surface area contributed by atoms with Gasteiger partial charge in [0.2, 0.25) is 17.6 Å². The van der Waals surface area contributed by atoms with Gasteiger partial charge in [-0.1, -0.05) is 13.8 Å². The van der Waals surface area contributed by atoms with Gasteiger partial charge in [0.25, 0.3) is 5.91 Å². The Bertz CT molecular complexity index is 446. The maximum atomic E-state index is 12.0. The van der Waals surface area contributed by atoms with Gasteiger partial charge in [-0.25, -0.2) is 0 Å². The van der Waals surface area contributed by atoms with E-state index in [0.717, 1.165) is 12.8 Å². The molecule has 8 nitrogen and oxygen atoms in total. The second-order valence-electron chi connectivity index (χ2n) is 5.84. The molecule has 0 saturated heterocycles. The zero-order valence-corrected chi connectivity index (χ0v) is 13.0. The Kier molecular flexibility index (Phi) is 6.97. The highest BCUT2D eigenvalue weighted by molar-refractivity contribution is 6.37. The van der Waals surface area contributed by atoms with Gasteiger partial charge >= 0.3 is 0 Å². The molecule has 1 aliphatic carbocycles. The Morgan fingerprint density at radius 2 is 1.82 bits per heavy atom. The number of ketones is 1. The molecule has 1 atom stereocenters. The van der Waals surface area contributed by atoms with E-state index >= 15 is 0 Å². The van der Waals surface area contributed by atoms with Gasteiger partial charge in [-0.05, 0) is 25.2 Å². The maximum absolute atomic E-state index is 12.0. The van der Waals surface area contributed by atoms with E-state index in [1.807, 2.05) is 13.8 Å². The SMILES string of the molecule is CC(C)CC(NC(=O)CN)C(=O)NCC(=O)C(=O)NC1CC1. The number of hydrogen-bond donors (Lipinski definition) is 4. The summed E-state index contributed by atoms with van der Waals surface area (Å²) in [6.07, 6.45) is 2.18. The molecule has 3 amide bonds. The minimum absolute atomic E-state index is 0.0877. The number of rotatable bonds is 9. The average molecular weight is 312 g/mol. The standard InChI is InChI=1S/C14H24N4O4/c1-8(2)5-10(18-12(20)6-15)13(21)16-7-11(19)14(22)17-9-3-4-9/h8-10H,3-7,15H2,1-2H3,(H,16,21)(H,17,22)(H,18,20). The molecule has 5 N–H and O–H groups in total. The molecule has 0 aromatic rings. The van der Waals surface area contributed by atoms with Crippen molar-refractivity contribution in [2.45, 2.75) is 45.2 Å². The molecule has 22 heavy (non-hydrogen) atoms. The molecular formula is C14H24N4O4. The van der Waals surface area contributed by atoms with Gasteiger partial charge in [-0.15, -0.1) is 0 Å². The Morgan fingerprint density at radius 3 is 2.32 bits per heavy atom. The van der Waals surface area contributed by atoms with Crippen LogP contribution in [0.1, 0.15) is 33.1 Å². The van der Waals surface area contributed by atoms with E-state index in [9.17, 15) is 19.2 Å². The van der Waals surface area contributed by atoms with Gasteiger partial charge in [0.1, 0.15) is 6.04 Å². The van der Waals surface area contributed by atoms with Crippen LogP contribution in [0.5, 0.6) is 0 Å². The second kappa shape index (κ2) is 8.47. The molecule has 0 radical (unpaired) electrons. The molecule has 0 aromatic heterocycles. The summed E-state index contributed by atoms with van der Waals surface area (Å²) in [4.78, 5) is 46.5. The lowest BCUT2D eigenvalue weighted by Crippen LogP contribution is -2.51. The van der Waals surface area contributed by atoms with Crippen molar-refractivity contribution in [3.05, 3.63) is 0 Å². The summed E-state index contributed by atoms with van der Waals surface area (Å²) in [5.74, 6) is -2.16. The second-order valence-corrected chi connectivity index (χ2v) is 5.84. The molecule has 0 bridgehead atoms. The monoisotopic (exact) mass is 312 g/mol. The van der Waals surface area contributed by atoms with E-state index in [4.69, 9.17) is 5.73 Å². The van der Waals surface area contributed by atoms with Crippen LogP contribution in [0.2, 0.25) is 0 Å². The summed E-state index contributed by atoms with van der Waals surface area (Å²) in [5.41, 5.74) is 5.21. The zero-order chi connectivity index (χ0) is 16.7. The first-order valence-corrected chi connectivity index (χ1v) is 7.44. The Hall–Kier alpha value is -1.96. The van der Waals surface area contributed by atoms with Crippen LogP contribution in [-0.2, 0) is 19.2 Å². The number of nitrogens with two attached hydrogens (primary N) is 1. The van der Waals surface area contributed by atoms with Crippen molar-refractivity contribution in [1.82, 2.24) is 16.0 Å². The smallest absolute Gasteiger partial charge is 0.289 e. The summed E-state index contributed by atoms with van der Waals surface area (Å²) < 4.78 is 0. The van der Waals surface area contributed by atoms with E-state index < -0.39 is 29.5 Å². The van der Waals surface area contributed by atoms with Crippen LogP contribution in [-0.4, -0.2) is 48.7 Å². The van der Waals surface area contributed by atoms with Crippen molar-refractivity contribution in [3.8, 4) is 0 Å². The summed E-state index contributed by atoms with van der Waals surface area (Å²) in [6, 6.07) is -0.681. The van der Waals surface area contributed by atoms with Crippen LogP contribution in [0.25, 0.3) is 0 Å². The van der Waals surface area contributed by atoms with E-state index in [1.54, 1.807) is 0 Å². The number of nitrogens with one attached hydrogen (secondary N) is 3. The molecule has 1 fully saturated rings. The summed E-state index contributed by atoms with van der Waals surface area (Å²) >= 11 is 0. The van der Waals surface area contributed by atoms with Crippen LogP contribution >= 0.6 is 0 Å². The van der Waals surface area contributed by atoms with Crippen LogP contribution < -0.4 is 21.7 Å². The van der Waals surface area contributed by atoms with Crippen molar-refractivity contribution in [3.63, 3.8) is 0 Å². The third kappa shape index (κ3) is 6.66. The largest absolute Gasteiger partial charge is 0.347 e. The lowest BCUT2D eigenvalue weighted by molar-refractivity contribution is -0.138. The molecule has 1 rings (SSSR count). The van der Waals surface area contributed by atoms with Gasteiger partial charge < -0.3 is 21.7 Å². The first-order valence-electron chi connectivity index (χ1n) is 7.44. The maximum Gasteiger partial charge on any atom is 0.289 e. The molecular weight excluding hydrogens is 288 g/mol. The van der Waals surface area contributed by atoms with Gasteiger partial charge in [-0.3, -0.25) is 19.2 Å². The molecule has 0 aromatic carbocycles. The normalized spacial score (nSPS) is 15.1. The molecule has 0 spiro atoms. The molecule has 1 unspecified atom stereocenters. The van der Waals surface area contributed by atoms with Crippen LogP contribution in [0.3, 0.4) is 0 Å². The molecule has 0 aliphatic heterocycles. The van der Waals surface area contributed by atoms with Gasteiger partial charge in [0.05, 0.1) is 13.1 Å². The zero-order valence-electron chi connectivity index (χ0n) is 13.0. The van der Waals surface area contributed by atoms with E-state index in [2.05, 4.69) is 16.0 Å². The highest BCUT2D eigenvalue weighted by Crippen LogP contribution is 2.18. The topological polar surface area (TPSA) is 130 Å². The van der Waals surface area contributed by atoms with Crippen LogP contribution in [0.15, 0.2) is 0 Å². The van der Waals surface area contributed by atoms with E-state index in [0.29, 0.717) is 6.42 Å². The first kappa shape index (κ1) is 18.1. The van der Waals surface area contributed by atoms with Crippen LogP contribution in [0.4, 0.5) is 0 Å². The lowest BCUT2D eigenvalue weighted by atomic mass is 10.0. The minimum Gasteiger partial charge on any atom is -0.347 e. The Morgan fingerprint density at radius 1 is 1.18 bits per heavy atom. The third-order valence-electron chi connectivity index (χ3n) is 3.13. The first-order chi connectivity index (χ1) is 10.3. The predicted molar refractivity (Wildman–Crippen MR) is 79.6 cm³/mol. The number of hydrogen-bond acceptors (Lipinski definition) is 5. The van der Waals surface area contributed by atoms with Crippen molar-refractivity contribution < 1.29 is 19.2 Å². The predicted octanol–water partition coefficient (Wildman–Crippen LogP) is -1.56. The average Bonchev–Trinajstić information content (AvgIpc) is 3.26. The lowest BCUT2D eigenvalue weighted by Gasteiger charge is -2.19. The fraction of sp³-hybridized carbons (Fsp3) is 0.714. The van der Waals surface area contributed by atoms with Gasteiger partial charge in [0, 0.05) is 6.04 Å². The van der Waals surface area contributed by atoms with Crippen molar-refractivity contribution in [2.24, 2.45) is 11.7 Å². The number of amides is 3. The highest BCUT2D eigenvalue weighted by Gasteiger charge is 2.27. The molecule has 0 heterocycles. The molecule has 124 valence electrons. The quantitative estimate of drug-likeness (QED) is 0.383. The van der Waals surface area contributed by atoms with Crippen molar-refractivity contribution >= 4 is 23.5 Å². The summed E-state index contributed by atoms with van der Waals surface area (Å²) in [7, 11) is 0. The fourth-order valence-electron chi connectivity index (χ4n) is 1.82. The summed E-state index contributed by atoms with van der Waals surface area (Å²) in [6.45, 7) is 3.21. The molecule has 8 heteroatoms. The minimum atomic E-state index is -0.768. The van der Waals surface area contributed by atoms with Gasteiger partial charge in [0.15, 0.2) is 0 Å². The van der Waals surface area contributed by atoms with Crippen molar-refractivity contribution in [1.29, 1.82) is 0 Å². The van der Waals surface area contributed by atoms with E-state index in [-0.39, 0.29) is 25.0 Å². The Balaban J connectivity index is 2.44. The highest BCUT2D eigenvalue weighted by atomic mass is 16.2. The van der Waals surface area contributed by atoms with Crippen molar-refractivity contribution in [2.75, 3.05) is 13.1 Å². The molecule has 1 aliphatic rings. The molecule has 1 saturated carbocycles. The number of carbonyl (C=O) groups excluding carboxylic acids is 4. The number of Topliss-reactive ketones (excluding diaryl/α,β-unsaturated/α-hetero) is 1. The van der Waals surface area contributed by atoms with E-state index in [1.165, 1.54) is 0 Å². The fourth-order valence-corrected chi connectivity index (χ4v) is 1.82. The van der Waals surface area contributed by atoms with Gasteiger partial charge in [-0.2, -0.15) is 0 Å². The van der Waals surface area contributed by atoms with Crippen LogP contribution in [0, 0.1) is 5.92 Å².